The van der Waals surface area contributed by atoms with Gasteiger partial charge in [-0.2, -0.15) is 0 Å². The number of nitrogens with zero attached hydrogens (tertiary/aromatic N) is 1. The molecule has 0 aliphatic heterocycles. The first-order valence-electron chi connectivity index (χ1n) is 38.0. The minimum Gasteiger partial charge on any atom is -0.477 e. The molecule has 508 valence electrons. The van der Waals surface area contributed by atoms with Crippen LogP contribution in [0, 0.1) is 0 Å². The smallest absolute Gasteiger partial charge is 0.361 e. The highest BCUT2D eigenvalue weighted by atomic mass is 16.7. The number of carbonyl (C=O) groups is 3. The fraction of sp³-hybridized carbons (Fsp3) is 0.909. The van der Waals surface area contributed by atoms with E-state index in [1.807, 2.05) is 21.1 Å². The van der Waals surface area contributed by atoms with Crippen LogP contribution in [0.4, 0.5) is 0 Å². The van der Waals surface area contributed by atoms with Gasteiger partial charge < -0.3 is 28.5 Å². The number of ether oxygens (including phenoxy) is 4. The molecule has 0 spiro atoms. The summed E-state index contributed by atoms with van der Waals surface area (Å²) in [6.45, 7) is 4.95. The Labute approximate surface area is 535 Å². The van der Waals surface area contributed by atoms with E-state index in [0.717, 1.165) is 44.9 Å². The van der Waals surface area contributed by atoms with Gasteiger partial charge in [-0.25, -0.2) is 4.79 Å². The zero-order valence-corrected chi connectivity index (χ0v) is 58.3. The molecule has 0 aromatic heterocycles. The second-order valence-electron chi connectivity index (χ2n) is 27.3. The number of aliphatic carboxylic acids is 1. The Morgan fingerprint density at radius 2 is 0.628 bits per heavy atom. The molecule has 0 aliphatic carbocycles. The van der Waals surface area contributed by atoms with Gasteiger partial charge in [0.2, 0.25) is 0 Å². The van der Waals surface area contributed by atoms with Crippen LogP contribution in [-0.2, 0) is 33.3 Å². The van der Waals surface area contributed by atoms with Crippen LogP contribution >= 0.6 is 0 Å². The third kappa shape index (κ3) is 69.2. The van der Waals surface area contributed by atoms with Gasteiger partial charge in [-0.3, -0.25) is 9.59 Å². The van der Waals surface area contributed by atoms with Crippen LogP contribution in [0.15, 0.2) is 24.3 Å². The average Bonchev–Trinajstić information content (AvgIpc) is 3.63. The maximum absolute atomic E-state index is 12.9. The summed E-state index contributed by atoms with van der Waals surface area (Å²) < 4.78 is 23.0. The van der Waals surface area contributed by atoms with Gasteiger partial charge in [-0.15, -0.1) is 0 Å². The van der Waals surface area contributed by atoms with Gasteiger partial charge in [-0.1, -0.05) is 359 Å². The van der Waals surface area contributed by atoms with Crippen molar-refractivity contribution in [2.75, 3.05) is 47.5 Å². The van der Waals surface area contributed by atoms with Crippen molar-refractivity contribution in [2.45, 2.75) is 405 Å². The van der Waals surface area contributed by atoms with Crippen LogP contribution in [0.3, 0.4) is 0 Å². The topological polar surface area (TPSA) is 108 Å². The molecule has 0 amide bonds. The minimum absolute atomic E-state index is 0.176. The third-order valence-corrected chi connectivity index (χ3v) is 17.5. The SMILES string of the molecule is CCCCCCC/C=C\C/C=C\CCCCCCCCCCCCCCCC(=O)OC(COC(=O)CCCCCCCCCCCCCCCCCCCCCCCCCCCCCCCCCCCCCC)COC(OCC[N+](C)(C)C)C(=O)O. The lowest BCUT2D eigenvalue weighted by atomic mass is 10.0. The highest BCUT2D eigenvalue weighted by Crippen LogP contribution is 2.20. The Morgan fingerprint density at radius 3 is 0.919 bits per heavy atom. The zero-order valence-electron chi connectivity index (χ0n) is 58.3. The van der Waals surface area contributed by atoms with Crippen molar-refractivity contribution >= 4 is 17.9 Å². The van der Waals surface area contributed by atoms with Crippen LogP contribution in [0.2, 0.25) is 0 Å². The summed E-state index contributed by atoms with van der Waals surface area (Å²) in [5, 5.41) is 9.75. The van der Waals surface area contributed by atoms with E-state index < -0.39 is 18.4 Å². The molecule has 86 heavy (non-hydrogen) atoms. The summed E-state index contributed by atoms with van der Waals surface area (Å²) in [5.74, 6) is -1.97. The number of quaternary nitrogens is 1. The van der Waals surface area contributed by atoms with Crippen LogP contribution < -0.4 is 0 Å². The second-order valence-corrected chi connectivity index (χ2v) is 27.3. The molecule has 0 bridgehead atoms. The molecule has 0 aromatic carbocycles. The molecule has 0 rings (SSSR count). The summed E-state index contributed by atoms with van der Waals surface area (Å²) in [5.41, 5.74) is 0. The molecular weight excluding hydrogens is 1070 g/mol. The van der Waals surface area contributed by atoms with Gasteiger partial charge in [0.15, 0.2) is 6.10 Å². The van der Waals surface area contributed by atoms with E-state index in [0.29, 0.717) is 17.4 Å². The van der Waals surface area contributed by atoms with E-state index in [2.05, 4.69) is 38.2 Å². The number of carboxylic acids is 1. The van der Waals surface area contributed by atoms with E-state index >= 15 is 0 Å². The number of hydrogen-bond donors (Lipinski definition) is 1. The molecule has 0 saturated carbocycles. The molecule has 2 atom stereocenters. The van der Waals surface area contributed by atoms with Gasteiger partial charge >= 0.3 is 17.9 Å². The molecule has 0 aromatic rings. The minimum atomic E-state index is -1.51. The van der Waals surface area contributed by atoms with Crippen molar-refractivity contribution in [1.82, 2.24) is 0 Å². The second kappa shape index (κ2) is 68.7. The molecule has 0 heterocycles. The highest BCUT2D eigenvalue weighted by Gasteiger charge is 2.25. The van der Waals surface area contributed by atoms with Crippen molar-refractivity contribution in [1.29, 1.82) is 0 Å². The van der Waals surface area contributed by atoms with Crippen molar-refractivity contribution < 1.29 is 42.9 Å². The van der Waals surface area contributed by atoms with Crippen molar-refractivity contribution in [3.05, 3.63) is 24.3 Å². The Bertz CT molecular complexity index is 1460. The van der Waals surface area contributed by atoms with Crippen LogP contribution in [0.5, 0.6) is 0 Å². The summed E-state index contributed by atoms with van der Waals surface area (Å²) >= 11 is 0. The molecule has 9 nitrogen and oxygen atoms in total. The lowest BCUT2D eigenvalue weighted by Gasteiger charge is -2.25. The van der Waals surface area contributed by atoms with E-state index in [1.54, 1.807) is 0 Å². The van der Waals surface area contributed by atoms with E-state index in [-0.39, 0.29) is 38.2 Å². The van der Waals surface area contributed by atoms with Gasteiger partial charge in [0.1, 0.15) is 13.2 Å². The fourth-order valence-corrected chi connectivity index (χ4v) is 11.6. The molecule has 1 N–H and O–H groups in total. The largest absolute Gasteiger partial charge is 0.477 e. The Kier molecular flexibility index (Phi) is 66.9. The third-order valence-electron chi connectivity index (χ3n) is 17.5. The molecular formula is C77H148NO8+. The molecule has 0 fully saturated rings. The predicted molar refractivity (Wildman–Crippen MR) is 369 cm³/mol. The number of esters is 2. The monoisotopic (exact) mass is 1220 g/mol. The maximum Gasteiger partial charge on any atom is 0.361 e. The Morgan fingerprint density at radius 1 is 0.349 bits per heavy atom. The molecule has 9 heteroatoms. The lowest BCUT2D eigenvalue weighted by molar-refractivity contribution is -0.870. The van der Waals surface area contributed by atoms with Crippen LogP contribution in [-0.4, -0.2) is 87.4 Å². The Balaban J connectivity index is 3.97. The fourth-order valence-electron chi connectivity index (χ4n) is 11.6. The van der Waals surface area contributed by atoms with E-state index in [1.165, 1.54) is 321 Å². The summed E-state index contributed by atoms with van der Waals surface area (Å²) in [6.07, 6.45) is 83.3. The highest BCUT2D eigenvalue weighted by molar-refractivity contribution is 5.71. The lowest BCUT2D eigenvalue weighted by Crippen LogP contribution is -2.40. The van der Waals surface area contributed by atoms with Crippen molar-refractivity contribution in [3.63, 3.8) is 0 Å². The molecule has 2 unspecified atom stereocenters. The van der Waals surface area contributed by atoms with Gasteiger partial charge in [0.25, 0.3) is 6.29 Å². The van der Waals surface area contributed by atoms with Crippen molar-refractivity contribution in [3.8, 4) is 0 Å². The van der Waals surface area contributed by atoms with Gasteiger partial charge in [0.05, 0.1) is 34.4 Å². The standard InChI is InChI=1S/C77H147NO8/c1-6-8-10-12-14-16-18-20-22-24-26-28-30-32-33-34-35-36-37-38-39-40-41-42-44-45-47-49-51-53-55-57-59-61-63-65-67-74(79)84-71-73(72-85-77(76(81)82)83-70-69-78(3,4)5)86-75(80)68-66-64-62-60-58-56-54-52-50-48-46-43-31-29-27-25-23-21-19-17-15-13-11-9-7-2/h19,21,25,27,73,77H,6-18,20,22-24,26,28-72H2,1-5H3/p+1/b21-19-,27-25-. The van der Waals surface area contributed by atoms with E-state index in [4.69, 9.17) is 18.9 Å². The maximum atomic E-state index is 12.9. The molecule has 0 aliphatic rings. The first-order chi connectivity index (χ1) is 42.1. The first-order valence-corrected chi connectivity index (χ1v) is 38.0. The quantitative estimate of drug-likeness (QED) is 0.0211. The number of carboxylic acid groups (broad SMARTS) is 1. The zero-order chi connectivity index (χ0) is 62.6. The molecule has 0 radical (unpaired) electrons. The number of carbonyl (C=O) groups excluding carboxylic acids is 2. The Hall–Kier alpha value is -2.23. The molecule has 0 saturated heterocycles. The number of unbranched alkanes of at least 4 members (excludes halogenated alkanes) is 53. The van der Waals surface area contributed by atoms with Crippen LogP contribution in [0.1, 0.15) is 393 Å². The number of likely N-dealkylation sites (N-methyl/N-ethyl adjacent to an activating group) is 1. The number of allylic oxidation sites excluding steroid dienone is 4. The van der Waals surface area contributed by atoms with Crippen molar-refractivity contribution in [2.24, 2.45) is 0 Å². The summed E-state index contributed by atoms with van der Waals surface area (Å²) in [4.78, 5) is 37.7. The van der Waals surface area contributed by atoms with Gasteiger partial charge in [0, 0.05) is 12.8 Å². The first kappa shape index (κ1) is 83.8. The van der Waals surface area contributed by atoms with E-state index in [9.17, 15) is 19.5 Å². The predicted octanol–water partition coefficient (Wildman–Crippen LogP) is 23.8. The number of hydrogen-bond acceptors (Lipinski definition) is 7. The summed E-state index contributed by atoms with van der Waals surface area (Å²) in [7, 11) is 5.99. The number of rotatable bonds is 72. The normalized spacial score (nSPS) is 12.7. The van der Waals surface area contributed by atoms with Gasteiger partial charge in [-0.05, 0) is 44.9 Å². The van der Waals surface area contributed by atoms with Crippen LogP contribution in [0.25, 0.3) is 0 Å². The average molecular weight is 1220 g/mol. The summed E-state index contributed by atoms with van der Waals surface area (Å²) in [6, 6.07) is 0.